The van der Waals surface area contributed by atoms with E-state index in [2.05, 4.69) is 31.3 Å². The van der Waals surface area contributed by atoms with E-state index >= 15 is 0 Å². The Labute approximate surface area is 367 Å². The molecule has 0 aromatic heterocycles. The molecule has 0 aromatic rings. The minimum atomic E-state index is -4.31. The van der Waals surface area contributed by atoms with Crippen LogP contribution in [0, 0.1) is 0 Å². The summed E-state index contributed by atoms with van der Waals surface area (Å²) in [5.74, 6) is -0.143. The van der Waals surface area contributed by atoms with E-state index in [0.717, 1.165) is 38.5 Å². The Morgan fingerprint density at radius 3 is 1.31 bits per heavy atom. The Kier molecular flexibility index (Phi) is 42.0. The molecule has 0 aliphatic rings. The molecule has 0 aromatic carbocycles. The summed E-state index contributed by atoms with van der Waals surface area (Å²) in [5.41, 5.74) is 0. The maximum absolute atomic E-state index is 12.9. The monoisotopic (exact) mass is 858 g/mol. The van der Waals surface area contributed by atoms with Gasteiger partial charge in [-0.05, 0) is 38.5 Å². The standard InChI is InChI=1S/C50H101N2O6P/c1-6-8-10-12-14-16-18-20-22-24-26-28-30-32-34-36-38-40-42-44-50(54)51-48(47-58-59(55,56)57-46-45-52(3,4)5)49(53)43-41-39-37-35-33-31-29-27-25-23-21-19-17-15-13-11-9-7-2/h20,22,48-49,53H,6-19,21,23-47H2,1-5H3,(H-,51,54,55,56)/p+1/b22-20-. The van der Waals surface area contributed by atoms with Crippen molar-refractivity contribution >= 4 is 13.7 Å². The van der Waals surface area contributed by atoms with Crippen molar-refractivity contribution < 1.29 is 32.9 Å². The van der Waals surface area contributed by atoms with Crippen molar-refractivity contribution in [1.29, 1.82) is 0 Å². The van der Waals surface area contributed by atoms with Crippen LogP contribution in [0.3, 0.4) is 0 Å². The number of quaternary nitrogens is 1. The predicted molar refractivity (Wildman–Crippen MR) is 254 cm³/mol. The second-order valence-electron chi connectivity index (χ2n) is 18.9. The first-order valence-corrected chi connectivity index (χ1v) is 27.0. The molecule has 3 unspecified atom stereocenters. The molecule has 0 spiro atoms. The van der Waals surface area contributed by atoms with Gasteiger partial charge in [-0.1, -0.05) is 219 Å². The van der Waals surface area contributed by atoms with Gasteiger partial charge >= 0.3 is 7.82 Å². The molecule has 1 amide bonds. The molecule has 3 N–H and O–H groups in total. The highest BCUT2D eigenvalue weighted by Gasteiger charge is 2.28. The van der Waals surface area contributed by atoms with Crippen LogP contribution in [0.1, 0.15) is 251 Å². The van der Waals surface area contributed by atoms with E-state index in [4.69, 9.17) is 9.05 Å². The Morgan fingerprint density at radius 2 is 0.915 bits per heavy atom. The van der Waals surface area contributed by atoms with E-state index in [-0.39, 0.29) is 19.1 Å². The van der Waals surface area contributed by atoms with Gasteiger partial charge in [0.2, 0.25) is 5.91 Å². The molecule has 0 rings (SSSR count). The minimum absolute atomic E-state index is 0.0766. The summed E-state index contributed by atoms with van der Waals surface area (Å²) in [6.07, 6.45) is 49.5. The summed E-state index contributed by atoms with van der Waals surface area (Å²) in [4.78, 5) is 23.2. The molecule has 59 heavy (non-hydrogen) atoms. The van der Waals surface area contributed by atoms with Crippen LogP contribution < -0.4 is 5.32 Å². The molecular formula is C50H102N2O6P+. The van der Waals surface area contributed by atoms with E-state index in [0.29, 0.717) is 23.9 Å². The van der Waals surface area contributed by atoms with Gasteiger partial charge in [0.1, 0.15) is 13.2 Å². The number of phosphoric ester groups is 1. The molecule has 0 saturated heterocycles. The zero-order valence-corrected chi connectivity index (χ0v) is 40.9. The average molecular weight is 858 g/mol. The molecule has 0 aliphatic heterocycles. The van der Waals surface area contributed by atoms with Crippen molar-refractivity contribution in [3.8, 4) is 0 Å². The first kappa shape index (κ1) is 58.2. The van der Waals surface area contributed by atoms with E-state index in [9.17, 15) is 19.4 Å². The smallest absolute Gasteiger partial charge is 0.391 e. The summed E-state index contributed by atoms with van der Waals surface area (Å²) in [5, 5.41) is 14.0. The Balaban J connectivity index is 4.25. The highest BCUT2D eigenvalue weighted by Crippen LogP contribution is 2.43. The maximum atomic E-state index is 12.9. The van der Waals surface area contributed by atoms with Crippen molar-refractivity contribution in [2.24, 2.45) is 0 Å². The number of hydrogen-bond donors (Lipinski definition) is 3. The van der Waals surface area contributed by atoms with Gasteiger partial charge in [0, 0.05) is 6.42 Å². The first-order valence-electron chi connectivity index (χ1n) is 25.6. The van der Waals surface area contributed by atoms with Crippen LogP contribution in [0.4, 0.5) is 0 Å². The number of aliphatic hydroxyl groups excluding tert-OH is 1. The van der Waals surface area contributed by atoms with Gasteiger partial charge in [-0.2, -0.15) is 0 Å². The molecular weight excluding hydrogens is 756 g/mol. The van der Waals surface area contributed by atoms with Gasteiger partial charge in [0.05, 0.1) is 39.9 Å². The van der Waals surface area contributed by atoms with Crippen molar-refractivity contribution in [2.75, 3.05) is 40.9 Å². The average Bonchev–Trinajstić information content (AvgIpc) is 3.19. The van der Waals surface area contributed by atoms with Crippen LogP contribution in [-0.4, -0.2) is 73.4 Å². The lowest BCUT2D eigenvalue weighted by Crippen LogP contribution is -2.46. The maximum Gasteiger partial charge on any atom is 0.472 e. The molecule has 0 fully saturated rings. The number of nitrogens with zero attached hydrogens (tertiary/aromatic N) is 1. The summed E-state index contributed by atoms with van der Waals surface area (Å²) < 4.78 is 23.7. The number of amides is 1. The highest BCUT2D eigenvalue weighted by molar-refractivity contribution is 7.47. The molecule has 0 saturated carbocycles. The van der Waals surface area contributed by atoms with Gasteiger partial charge in [-0.15, -0.1) is 0 Å². The predicted octanol–water partition coefficient (Wildman–Crippen LogP) is 14.7. The van der Waals surface area contributed by atoms with Crippen molar-refractivity contribution in [2.45, 2.75) is 264 Å². The molecule has 0 aliphatic carbocycles. The highest BCUT2D eigenvalue weighted by atomic mass is 31.2. The second kappa shape index (κ2) is 42.5. The van der Waals surface area contributed by atoms with Crippen LogP contribution in [0.25, 0.3) is 0 Å². The minimum Gasteiger partial charge on any atom is -0.391 e. The fraction of sp³-hybridized carbons (Fsp3) is 0.940. The lowest BCUT2D eigenvalue weighted by Gasteiger charge is -2.26. The number of phosphoric acid groups is 1. The second-order valence-corrected chi connectivity index (χ2v) is 20.4. The number of likely N-dealkylation sites (N-methyl/N-ethyl adjacent to an activating group) is 1. The van der Waals surface area contributed by atoms with Crippen molar-refractivity contribution in [3.63, 3.8) is 0 Å². The van der Waals surface area contributed by atoms with Gasteiger partial charge in [-0.25, -0.2) is 4.57 Å². The zero-order valence-electron chi connectivity index (χ0n) is 40.0. The Bertz CT molecular complexity index is 974. The molecule has 0 heterocycles. The summed E-state index contributed by atoms with van der Waals surface area (Å²) in [6.45, 7) is 4.91. The number of rotatable bonds is 47. The number of allylic oxidation sites excluding steroid dienone is 2. The number of aliphatic hydroxyl groups is 1. The van der Waals surface area contributed by atoms with Crippen molar-refractivity contribution in [3.05, 3.63) is 12.2 Å². The lowest BCUT2D eigenvalue weighted by molar-refractivity contribution is -0.870. The van der Waals surface area contributed by atoms with E-state index < -0.39 is 20.0 Å². The number of hydrogen-bond acceptors (Lipinski definition) is 5. The normalized spacial score (nSPS) is 14.2. The van der Waals surface area contributed by atoms with Gasteiger partial charge < -0.3 is 19.8 Å². The van der Waals surface area contributed by atoms with Gasteiger partial charge in [0.15, 0.2) is 0 Å². The van der Waals surface area contributed by atoms with Crippen LogP contribution in [0.2, 0.25) is 0 Å². The molecule has 352 valence electrons. The number of unbranched alkanes of at least 4 members (excludes halogenated alkanes) is 32. The fourth-order valence-electron chi connectivity index (χ4n) is 7.69. The van der Waals surface area contributed by atoms with Crippen LogP contribution in [-0.2, 0) is 18.4 Å². The molecule has 0 bridgehead atoms. The Hall–Kier alpha value is -0.760. The third-order valence-electron chi connectivity index (χ3n) is 11.8. The van der Waals surface area contributed by atoms with Crippen molar-refractivity contribution in [1.82, 2.24) is 5.32 Å². The third kappa shape index (κ3) is 45.1. The Morgan fingerprint density at radius 1 is 0.559 bits per heavy atom. The van der Waals surface area contributed by atoms with Crippen LogP contribution >= 0.6 is 7.82 Å². The fourth-order valence-corrected chi connectivity index (χ4v) is 8.43. The number of carbonyl (C=O) groups excluding carboxylic acids is 1. The SMILES string of the molecule is CCCCCCCC/C=C\CCCCCCCCCCCC(=O)NC(COP(=O)(O)OCC[N+](C)(C)C)C(O)CCCCCCCCCCCCCCCCCCCC. The summed E-state index contributed by atoms with van der Waals surface area (Å²) >= 11 is 0. The van der Waals surface area contributed by atoms with E-state index in [1.807, 2.05) is 21.1 Å². The van der Waals surface area contributed by atoms with Crippen LogP contribution in [0.15, 0.2) is 12.2 Å². The van der Waals surface area contributed by atoms with E-state index in [1.165, 1.54) is 186 Å². The van der Waals surface area contributed by atoms with Gasteiger partial charge in [0.25, 0.3) is 0 Å². The number of nitrogens with one attached hydrogen (secondary N) is 1. The molecule has 9 heteroatoms. The lowest BCUT2D eigenvalue weighted by atomic mass is 10.0. The first-order chi connectivity index (χ1) is 28.5. The quantitative estimate of drug-likeness (QED) is 0.0244. The molecule has 3 atom stereocenters. The van der Waals surface area contributed by atoms with Crippen LogP contribution in [0.5, 0.6) is 0 Å². The summed E-state index contributed by atoms with van der Waals surface area (Å²) in [6, 6.07) is -0.758. The largest absolute Gasteiger partial charge is 0.472 e. The topological polar surface area (TPSA) is 105 Å². The third-order valence-corrected chi connectivity index (χ3v) is 12.7. The van der Waals surface area contributed by atoms with Gasteiger partial charge in [-0.3, -0.25) is 13.8 Å². The molecule has 0 radical (unpaired) electrons. The zero-order chi connectivity index (χ0) is 43.6. The summed E-state index contributed by atoms with van der Waals surface area (Å²) in [7, 11) is 1.62. The van der Waals surface area contributed by atoms with E-state index in [1.54, 1.807) is 0 Å². The molecule has 8 nitrogen and oxygen atoms in total. The number of carbonyl (C=O) groups is 1.